The van der Waals surface area contributed by atoms with E-state index in [1.807, 2.05) is 0 Å². The van der Waals surface area contributed by atoms with Crippen LogP contribution in [-0.4, -0.2) is 30.6 Å². The van der Waals surface area contributed by atoms with E-state index >= 15 is 0 Å². The zero-order valence-electron chi connectivity index (χ0n) is 15.8. The molecule has 0 radical (unpaired) electrons. The van der Waals surface area contributed by atoms with Crippen molar-refractivity contribution in [3.63, 3.8) is 0 Å². The molecule has 0 aliphatic carbocycles. The number of nitrogens with one attached hydrogen (secondary N) is 1. The molecule has 1 aromatic heterocycles. The molecule has 0 spiro atoms. The topological polar surface area (TPSA) is 101 Å². The van der Waals surface area contributed by atoms with E-state index in [1.165, 1.54) is 11.8 Å². The maximum absolute atomic E-state index is 12.6. The Morgan fingerprint density at radius 3 is 2.59 bits per heavy atom. The van der Waals surface area contributed by atoms with Gasteiger partial charge in [0.15, 0.2) is 5.95 Å². The van der Waals surface area contributed by atoms with Gasteiger partial charge in [-0.3, -0.25) is 4.79 Å². The smallest absolute Gasteiger partial charge is 0.298 e. The molecule has 0 aliphatic rings. The first-order valence-corrected chi connectivity index (χ1v) is 9.73. The Balaban J connectivity index is 1.74. The molecule has 1 amide bonds. The molecule has 1 atom stereocenters. The Labute approximate surface area is 176 Å². The number of aromatic nitrogens is 2. The van der Waals surface area contributed by atoms with Gasteiger partial charge >= 0.3 is 0 Å². The number of rotatable bonds is 7. The molecule has 1 heterocycles. The number of carbonyl (C=O) groups is 1. The van der Waals surface area contributed by atoms with Gasteiger partial charge in [0.25, 0.3) is 5.03 Å². The highest BCUT2D eigenvalue weighted by Gasteiger charge is 2.26. The molecular weight excluding hydrogens is 418 g/mol. The minimum atomic E-state index is -0.627. The lowest BCUT2D eigenvalue weighted by molar-refractivity contribution is -0.705. The number of hydrogen-bond acceptors (Lipinski definition) is 7. The number of hydrogen-bond donors (Lipinski definition) is 1. The van der Waals surface area contributed by atoms with Gasteiger partial charge in [-0.25, -0.2) is 0 Å². The molecule has 3 aromatic rings. The molecule has 0 bridgehead atoms. The van der Waals surface area contributed by atoms with Gasteiger partial charge in [0, 0.05) is 17.8 Å². The fraction of sp³-hybridized carbons (Fsp3) is 0.211. The number of nitrogens with zero attached hydrogens (tertiary/aromatic N) is 2. The number of carbonyl (C=O) groups excluding carboxylic acids is 1. The quantitative estimate of drug-likeness (QED) is 0.449. The van der Waals surface area contributed by atoms with Crippen LogP contribution in [0.4, 0.5) is 5.69 Å². The first-order chi connectivity index (χ1) is 13.9. The van der Waals surface area contributed by atoms with Gasteiger partial charge < -0.3 is 24.4 Å². The van der Waals surface area contributed by atoms with E-state index < -0.39 is 11.2 Å². The Hall–Kier alpha value is -2.91. The third-order valence-electron chi connectivity index (χ3n) is 3.97. The third kappa shape index (κ3) is 4.75. The third-order valence-corrected chi connectivity index (χ3v) is 5.39. The fourth-order valence-electron chi connectivity index (χ4n) is 2.44. The highest BCUT2D eigenvalue weighted by molar-refractivity contribution is 8.00. The van der Waals surface area contributed by atoms with Crippen molar-refractivity contribution in [1.82, 2.24) is 5.27 Å². The largest absolute Gasteiger partial charge is 0.538 e. The molecule has 0 saturated carbocycles. The lowest BCUT2D eigenvalue weighted by Gasteiger charge is -2.11. The number of amides is 1. The second-order valence-electron chi connectivity index (χ2n) is 5.87. The summed E-state index contributed by atoms with van der Waals surface area (Å²) in [6, 6.07) is 11.9. The number of halogens is 1. The zero-order chi connectivity index (χ0) is 21.0. The van der Waals surface area contributed by atoms with Crippen LogP contribution in [-0.2, 0) is 4.79 Å². The van der Waals surface area contributed by atoms with Gasteiger partial charge in [-0.15, -0.1) is 0 Å². The normalized spacial score (nSPS) is 11.7. The zero-order valence-corrected chi connectivity index (χ0v) is 17.4. The number of anilines is 1. The molecule has 2 aromatic carbocycles. The van der Waals surface area contributed by atoms with Crippen molar-refractivity contribution in [2.24, 2.45) is 0 Å². The highest BCUT2D eigenvalue weighted by Crippen LogP contribution is 2.30. The van der Waals surface area contributed by atoms with Crippen LogP contribution in [0, 0.1) is 0 Å². The molecule has 0 saturated heterocycles. The average Bonchev–Trinajstić information content (AvgIpc) is 3.08. The van der Waals surface area contributed by atoms with Crippen LogP contribution in [0.15, 0.2) is 52.0 Å². The van der Waals surface area contributed by atoms with E-state index in [0.717, 1.165) is 11.8 Å². The van der Waals surface area contributed by atoms with Crippen molar-refractivity contribution in [3.05, 3.63) is 47.5 Å². The second-order valence-corrected chi connectivity index (χ2v) is 7.61. The standard InChI is InChI=1S/C19H18ClN3O5S/c1-11(17(24)21-12-4-9-16(27-3)15(20)10-12)29-18-19(25)28-22-23(18)13-5-7-14(26-2)8-6-13/h4-11H,1-3H3,(H-,21,22,24,25). The van der Waals surface area contributed by atoms with E-state index in [4.69, 9.17) is 25.6 Å². The van der Waals surface area contributed by atoms with Crippen LogP contribution in [0.5, 0.6) is 17.4 Å². The van der Waals surface area contributed by atoms with Crippen molar-refractivity contribution in [2.75, 3.05) is 19.5 Å². The molecule has 1 unspecified atom stereocenters. The van der Waals surface area contributed by atoms with Crippen molar-refractivity contribution in [3.8, 4) is 23.1 Å². The van der Waals surface area contributed by atoms with Crippen LogP contribution in [0.1, 0.15) is 6.92 Å². The average molecular weight is 436 g/mol. The molecule has 3 rings (SSSR count). The monoisotopic (exact) mass is 435 g/mol. The maximum atomic E-state index is 12.6. The first-order valence-electron chi connectivity index (χ1n) is 8.47. The van der Waals surface area contributed by atoms with Gasteiger partial charge in [0.1, 0.15) is 11.5 Å². The summed E-state index contributed by atoms with van der Waals surface area (Å²) in [7, 11) is 3.07. The van der Waals surface area contributed by atoms with E-state index in [9.17, 15) is 9.90 Å². The van der Waals surface area contributed by atoms with Gasteiger partial charge in [-0.05, 0) is 53.7 Å². The van der Waals surface area contributed by atoms with Crippen molar-refractivity contribution < 1.29 is 28.6 Å². The lowest BCUT2D eigenvalue weighted by Crippen LogP contribution is -2.36. The van der Waals surface area contributed by atoms with Crippen LogP contribution in [0.3, 0.4) is 0 Å². The van der Waals surface area contributed by atoms with Crippen LogP contribution in [0.2, 0.25) is 5.02 Å². The summed E-state index contributed by atoms with van der Waals surface area (Å²) < 4.78 is 16.4. The minimum absolute atomic E-state index is 0.186. The molecule has 29 heavy (non-hydrogen) atoms. The summed E-state index contributed by atoms with van der Waals surface area (Å²) >= 11 is 7.12. The van der Waals surface area contributed by atoms with Gasteiger partial charge in [-0.1, -0.05) is 11.6 Å². The summed E-state index contributed by atoms with van der Waals surface area (Å²) in [5.74, 6) is 0.240. The Morgan fingerprint density at radius 2 is 1.97 bits per heavy atom. The summed E-state index contributed by atoms with van der Waals surface area (Å²) in [4.78, 5) is 12.6. The molecule has 0 aliphatic heterocycles. The summed E-state index contributed by atoms with van der Waals surface area (Å²) in [5.41, 5.74) is 1.12. The van der Waals surface area contributed by atoms with E-state index in [2.05, 4.69) is 10.6 Å². The minimum Gasteiger partial charge on any atom is -0.538 e. The van der Waals surface area contributed by atoms with Crippen molar-refractivity contribution in [2.45, 2.75) is 17.2 Å². The number of thioether (sulfide) groups is 1. The van der Waals surface area contributed by atoms with Gasteiger partial charge in [0.2, 0.25) is 11.6 Å². The predicted octanol–water partition coefficient (Wildman–Crippen LogP) is 2.81. The fourth-order valence-corrected chi connectivity index (χ4v) is 3.57. The van der Waals surface area contributed by atoms with Crippen LogP contribution >= 0.6 is 23.4 Å². The first kappa shape index (κ1) is 20.8. The molecule has 0 fully saturated rings. The number of methoxy groups -OCH3 is 2. The predicted molar refractivity (Wildman–Crippen MR) is 106 cm³/mol. The Kier molecular flexibility index (Phi) is 6.50. The lowest BCUT2D eigenvalue weighted by atomic mass is 10.3. The summed E-state index contributed by atoms with van der Waals surface area (Å²) in [5, 5.41) is 18.6. The highest BCUT2D eigenvalue weighted by atomic mass is 35.5. The van der Waals surface area contributed by atoms with E-state index in [1.54, 1.807) is 56.5 Å². The molecule has 1 N–H and O–H groups in total. The van der Waals surface area contributed by atoms with Crippen molar-refractivity contribution in [1.29, 1.82) is 0 Å². The Bertz CT molecular complexity index is 1010. The van der Waals surface area contributed by atoms with Gasteiger partial charge in [-0.2, -0.15) is 0 Å². The van der Waals surface area contributed by atoms with Crippen LogP contribution < -0.4 is 24.6 Å². The SMILES string of the molecule is COc1ccc(-[n+]2noc([O-])c2SC(C)C(=O)Nc2ccc(OC)c(Cl)c2)cc1. The molecule has 8 nitrogen and oxygen atoms in total. The van der Waals surface area contributed by atoms with Gasteiger partial charge in [0.05, 0.1) is 29.8 Å². The molecule has 10 heteroatoms. The number of benzene rings is 2. The van der Waals surface area contributed by atoms with E-state index in [0.29, 0.717) is 27.9 Å². The Morgan fingerprint density at radius 1 is 1.24 bits per heavy atom. The molecule has 152 valence electrons. The summed E-state index contributed by atoms with van der Waals surface area (Å²) in [6.45, 7) is 1.68. The second kappa shape index (κ2) is 9.06. The summed E-state index contributed by atoms with van der Waals surface area (Å²) in [6.07, 6.45) is 0. The molecular formula is C19H18ClN3O5S. The van der Waals surface area contributed by atoms with Crippen molar-refractivity contribution >= 4 is 35.0 Å². The number of ether oxygens (including phenoxy) is 2. The van der Waals surface area contributed by atoms with E-state index in [-0.39, 0.29) is 10.9 Å². The van der Waals surface area contributed by atoms with Crippen LogP contribution in [0.25, 0.3) is 5.69 Å². The maximum Gasteiger partial charge on any atom is 0.298 e.